The van der Waals surface area contributed by atoms with Crippen molar-refractivity contribution in [2.24, 2.45) is 0 Å². The monoisotopic (exact) mass is 628 g/mol. The summed E-state index contributed by atoms with van der Waals surface area (Å²) in [5, 5.41) is 0. The molecule has 3 unspecified atom stereocenters. The van der Waals surface area contributed by atoms with E-state index in [1.807, 2.05) is 19.9 Å². The van der Waals surface area contributed by atoms with Crippen molar-refractivity contribution in [3.05, 3.63) is 30.3 Å². The number of hydrogen-bond acceptors (Lipinski definition) is 8. The Hall–Kier alpha value is -0.990. The first-order valence-corrected chi connectivity index (χ1v) is 18.4. The molecule has 250 valence electrons. The summed E-state index contributed by atoms with van der Waals surface area (Å²) in [6.45, 7) is 7.30. The third-order valence-corrected chi connectivity index (χ3v) is 9.01. The number of rotatable bonds is 28. The van der Waals surface area contributed by atoms with Crippen molar-refractivity contribution >= 4 is 7.82 Å². The smallest absolute Gasteiger partial charge is 0.404 e. The quantitative estimate of drug-likeness (QED) is 0.0670. The lowest BCUT2D eigenvalue weighted by Gasteiger charge is -2.23. The molecule has 1 aliphatic heterocycles. The highest BCUT2D eigenvalue weighted by molar-refractivity contribution is 7.48. The van der Waals surface area contributed by atoms with Gasteiger partial charge in [-0.15, -0.1) is 0 Å². The average Bonchev–Trinajstić information content (AvgIpc) is 3.36. The van der Waals surface area contributed by atoms with Crippen molar-refractivity contribution in [1.29, 1.82) is 0 Å². The van der Waals surface area contributed by atoms with Gasteiger partial charge in [0.25, 0.3) is 0 Å². The summed E-state index contributed by atoms with van der Waals surface area (Å²) in [6.07, 6.45) is 20.7. The topological polar surface area (TPSA) is 81.7 Å². The molecule has 0 spiro atoms. The predicted octanol–water partition coefficient (Wildman–Crippen LogP) is 9.65. The Morgan fingerprint density at radius 3 is 1.88 bits per heavy atom. The molecule has 0 amide bonds. The van der Waals surface area contributed by atoms with Gasteiger partial charge in [-0.1, -0.05) is 121 Å². The van der Waals surface area contributed by atoms with E-state index in [1.54, 1.807) is 31.4 Å². The second kappa shape index (κ2) is 23.4. The largest absolute Gasteiger partial charge is 0.530 e. The zero-order valence-corrected chi connectivity index (χ0v) is 28.5. The third kappa shape index (κ3) is 19.2. The van der Waals surface area contributed by atoms with E-state index in [1.165, 1.54) is 96.3 Å². The summed E-state index contributed by atoms with van der Waals surface area (Å²) >= 11 is 0. The van der Waals surface area contributed by atoms with Crippen LogP contribution in [0.25, 0.3) is 0 Å². The first kappa shape index (κ1) is 38.2. The summed E-state index contributed by atoms with van der Waals surface area (Å²) in [5.41, 5.74) is 0. The Morgan fingerprint density at radius 2 is 1.37 bits per heavy atom. The third-order valence-electron chi connectivity index (χ3n) is 7.64. The van der Waals surface area contributed by atoms with Crippen LogP contribution in [-0.2, 0) is 32.6 Å². The van der Waals surface area contributed by atoms with E-state index in [-0.39, 0.29) is 19.3 Å². The molecule has 2 rings (SSSR count). The maximum absolute atomic E-state index is 13.5. The van der Waals surface area contributed by atoms with Crippen molar-refractivity contribution in [3.63, 3.8) is 0 Å². The molecule has 1 heterocycles. The van der Waals surface area contributed by atoms with Crippen LogP contribution in [0.15, 0.2) is 30.3 Å². The summed E-state index contributed by atoms with van der Waals surface area (Å²) in [6, 6.07) is 8.84. The Bertz CT molecular complexity index is 837. The van der Waals surface area contributed by atoms with Gasteiger partial charge < -0.3 is 23.5 Å². The molecular weight excluding hydrogens is 567 g/mol. The molecule has 1 aliphatic rings. The fourth-order valence-corrected chi connectivity index (χ4v) is 6.30. The Morgan fingerprint density at radius 1 is 0.814 bits per heavy atom. The lowest BCUT2D eigenvalue weighted by Crippen LogP contribution is -2.26. The normalized spacial score (nSPS) is 18.5. The molecule has 0 saturated carbocycles. The van der Waals surface area contributed by atoms with Gasteiger partial charge in [0.05, 0.1) is 26.4 Å². The molecule has 0 N–H and O–H groups in total. The number of phosphoric acid groups is 1. The number of para-hydroxylation sites is 1. The molecule has 0 aliphatic carbocycles. The van der Waals surface area contributed by atoms with Crippen LogP contribution in [0.4, 0.5) is 0 Å². The second-order valence-electron chi connectivity index (χ2n) is 12.1. The van der Waals surface area contributed by atoms with E-state index >= 15 is 0 Å². The number of unbranched alkanes of at least 4 members (excludes halogenated alkanes) is 15. The summed E-state index contributed by atoms with van der Waals surface area (Å²) in [7, 11) is -2.37. The van der Waals surface area contributed by atoms with Crippen LogP contribution in [0.5, 0.6) is 5.75 Å². The number of ether oxygens (including phenoxy) is 4. The molecule has 1 aromatic carbocycles. The number of methoxy groups -OCH3 is 1. The zero-order valence-electron chi connectivity index (χ0n) is 27.6. The van der Waals surface area contributed by atoms with Crippen LogP contribution in [0.2, 0.25) is 0 Å². The van der Waals surface area contributed by atoms with Crippen molar-refractivity contribution < 1.29 is 37.1 Å². The van der Waals surface area contributed by atoms with Crippen LogP contribution in [0.3, 0.4) is 0 Å². The molecular formula is C34H61O8P. The highest BCUT2D eigenvalue weighted by Gasteiger charge is 2.37. The van der Waals surface area contributed by atoms with E-state index in [0.29, 0.717) is 25.6 Å². The standard InChI is InChI=1S/C34H61O8P/c1-5-6-7-8-9-10-11-12-13-14-15-16-17-18-19-23-26-37-27-32(36-4)29-39-43(35,42-31-24-21-20-22-25-31)40-30-33-28-38-34(2,3)41-33/h20-22,24-25,32-33H,5-19,23,26-30H2,1-4H3. The maximum atomic E-state index is 13.5. The molecule has 9 heteroatoms. The molecule has 3 atom stereocenters. The highest BCUT2D eigenvalue weighted by atomic mass is 31.2. The molecule has 1 saturated heterocycles. The fraction of sp³-hybridized carbons (Fsp3) is 0.824. The van der Waals surface area contributed by atoms with E-state index in [9.17, 15) is 4.57 Å². The first-order chi connectivity index (χ1) is 20.9. The van der Waals surface area contributed by atoms with Gasteiger partial charge in [0.2, 0.25) is 0 Å². The van der Waals surface area contributed by atoms with E-state index < -0.39 is 19.7 Å². The van der Waals surface area contributed by atoms with Gasteiger partial charge >= 0.3 is 7.82 Å². The minimum Gasteiger partial charge on any atom is -0.404 e. The minimum atomic E-state index is -3.95. The first-order valence-electron chi connectivity index (χ1n) is 16.9. The molecule has 0 bridgehead atoms. The van der Waals surface area contributed by atoms with Crippen molar-refractivity contribution in [3.8, 4) is 5.75 Å². The van der Waals surface area contributed by atoms with Crippen LogP contribution in [-0.4, -0.2) is 58.1 Å². The lowest BCUT2D eigenvalue weighted by molar-refractivity contribution is -0.142. The van der Waals surface area contributed by atoms with E-state index in [2.05, 4.69) is 6.92 Å². The SMILES string of the molecule is CCCCCCCCCCCCCCCCCCOCC(COP(=O)(OCC1COC(C)(C)O1)Oc1ccccc1)OC. The average molecular weight is 629 g/mol. The zero-order chi connectivity index (χ0) is 31.1. The second-order valence-corrected chi connectivity index (χ2v) is 13.7. The van der Waals surface area contributed by atoms with Gasteiger partial charge in [0, 0.05) is 13.7 Å². The van der Waals surface area contributed by atoms with Gasteiger partial charge in [0.1, 0.15) is 18.0 Å². The molecule has 8 nitrogen and oxygen atoms in total. The van der Waals surface area contributed by atoms with Crippen LogP contribution in [0.1, 0.15) is 124 Å². The van der Waals surface area contributed by atoms with Crippen LogP contribution < -0.4 is 4.52 Å². The lowest BCUT2D eigenvalue weighted by atomic mass is 10.0. The minimum absolute atomic E-state index is 0.00703. The Balaban J connectivity index is 1.53. The number of hydrogen-bond donors (Lipinski definition) is 0. The van der Waals surface area contributed by atoms with Crippen LogP contribution in [0, 0.1) is 0 Å². The molecule has 43 heavy (non-hydrogen) atoms. The Kier molecular flexibility index (Phi) is 20.8. The summed E-state index contributed by atoms with van der Waals surface area (Å²) in [5.74, 6) is -0.312. The van der Waals surface area contributed by atoms with Gasteiger partial charge in [-0.3, -0.25) is 9.05 Å². The van der Waals surface area contributed by atoms with Gasteiger partial charge in [0.15, 0.2) is 5.79 Å². The van der Waals surface area contributed by atoms with Crippen LogP contribution >= 0.6 is 7.82 Å². The van der Waals surface area contributed by atoms with Crippen molar-refractivity contribution in [1.82, 2.24) is 0 Å². The van der Waals surface area contributed by atoms with Gasteiger partial charge in [-0.25, -0.2) is 4.57 Å². The Labute approximate surface area is 262 Å². The highest BCUT2D eigenvalue weighted by Crippen LogP contribution is 2.50. The van der Waals surface area contributed by atoms with Crippen molar-refractivity contribution in [2.75, 3.05) is 40.1 Å². The number of phosphoric ester groups is 1. The van der Waals surface area contributed by atoms with Gasteiger partial charge in [-0.05, 0) is 32.4 Å². The summed E-state index contributed by atoms with van der Waals surface area (Å²) < 4.78 is 53.2. The fourth-order valence-electron chi connectivity index (χ4n) is 5.05. The molecule has 0 radical (unpaired) electrons. The van der Waals surface area contributed by atoms with E-state index in [4.69, 9.17) is 32.5 Å². The summed E-state index contributed by atoms with van der Waals surface area (Å²) in [4.78, 5) is 0. The maximum Gasteiger partial charge on any atom is 0.530 e. The van der Waals surface area contributed by atoms with Crippen molar-refractivity contribution in [2.45, 2.75) is 141 Å². The molecule has 1 aromatic rings. The molecule has 1 fully saturated rings. The van der Waals surface area contributed by atoms with E-state index in [0.717, 1.165) is 6.42 Å². The van der Waals surface area contributed by atoms with Gasteiger partial charge in [-0.2, -0.15) is 0 Å². The predicted molar refractivity (Wildman–Crippen MR) is 173 cm³/mol. The molecule has 0 aromatic heterocycles. The number of benzene rings is 1.